The fraction of sp³-hybridized carbons (Fsp3) is 0.600. The maximum Gasteiger partial charge on any atom is 0.396 e. The summed E-state index contributed by atoms with van der Waals surface area (Å²) in [5.74, 6) is -1.34. The predicted octanol–water partition coefficient (Wildman–Crippen LogP) is 3.79. The number of rotatable bonds is 9. The van der Waals surface area contributed by atoms with Gasteiger partial charge in [-0.1, -0.05) is 37.6 Å². The van der Waals surface area contributed by atoms with Gasteiger partial charge < -0.3 is 25.4 Å². The number of benzene rings is 1. The normalized spacial score (nSPS) is 21.6. The summed E-state index contributed by atoms with van der Waals surface area (Å²) in [7, 11) is 0. The van der Waals surface area contributed by atoms with Crippen molar-refractivity contribution in [1.29, 1.82) is 0 Å². The summed E-state index contributed by atoms with van der Waals surface area (Å²) in [6.07, 6.45) is -5.03. The highest BCUT2D eigenvalue weighted by Gasteiger charge is 2.47. The Balaban J connectivity index is 1.34. The van der Waals surface area contributed by atoms with E-state index in [0.717, 1.165) is 12.1 Å². The van der Waals surface area contributed by atoms with E-state index in [2.05, 4.69) is 39.3 Å². The first-order valence-corrected chi connectivity index (χ1v) is 12.9. The van der Waals surface area contributed by atoms with E-state index in [0.29, 0.717) is 50.6 Å². The highest BCUT2D eigenvalue weighted by atomic mass is 35.5. The van der Waals surface area contributed by atoms with E-state index in [9.17, 15) is 18.3 Å². The predicted molar refractivity (Wildman–Crippen MR) is 137 cm³/mol. The van der Waals surface area contributed by atoms with Crippen molar-refractivity contribution < 1.29 is 23.0 Å². The van der Waals surface area contributed by atoms with Crippen LogP contribution in [0.3, 0.4) is 0 Å². The van der Waals surface area contributed by atoms with E-state index in [1.165, 1.54) is 6.33 Å². The Morgan fingerprint density at radius 3 is 2.51 bits per heavy atom. The Hall–Kier alpha value is -2.18. The topological polar surface area (TPSA) is 85.8 Å². The largest absolute Gasteiger partial charge is 0.396 e. The van der Waals surface area contributed by atoms with Crippen molar-refractivity contribution in [2.75, 3.05) is 56.3 Å². The third kappa shape index (κ3) is 7.23. The molecule has 1 aromatic heterocycles. The number of fused-ring (bicyclic) bond motifs is 1. The lowest BCUT2D eigenvalue weighted by molar-refractivity contribution is -0.157. The second-order valence-electron chi connectivity index (χ2n) is 9.87. The minimum atomic E-state index is -4.50. The lowest BCUT2D eigenvalue weighted by Gasteiger charge is -2.38. The Morgan fingerprint density at radius 2 is 1.86 bits per heavy atom. The number of nitrogens with zero attached hydrogens (tertiary/aromatic N) is 4. The average molecular weight is 543 g/mol. The van der Waals surface area contributed by atoms with E-state index < -0.39 is 24.7 Å². The molecule has 0 bridgehead atoms. The molecule has 204 valence electrons. The summed E-state index contributed by atoms with van der Waals surface area (Å²) in [6, 6.07) is 8.14. The van der Waals surface area contributed by atoms with E-state index in [1.807, 2.05) is 29.2 Å². The fourth-order valence-electron chi connectivity index (χ4n) is 4.73. The highest BCUT2D eigenvalue weighted by molar-refractivity contribution is 6.30. The van der Waals surface area contributed by atoms with Crippen LogP contribution in [-0.4, -0.2) is 84.5 Å². The fourth-order valence-corrected chi connectivity index (χ4v) is 4.85. The van der Waals surface area contributed by atoms with Gasteiger partial charge in [0.2, 0.25) is 0 Å². The van der Waals surface area contributed by atoms with Crippen LogP contribution in [0.25, 0.3) is 0 Å². The molecule has 2 aliphatic rings. The number of ether oxygens (including phenoxy) is 1. The highest BCUT2D eigenvalue weighted by Crippen LogP contribution is 2.46. The van der Waals surface area contributed by atoms with E-state index in [1.54, 1.807) is 0 Å². The number of piperazine rings is 1. The third-order valence-corrected chi connectivity index (χ3v) is 7.00. The molecule has 12 heteroatoms. The molecule has 37 heavy (non-hydrogen) atoms. The second kappa shape index (κ2) is 12.1. The van der Waals surface area contributed by atoms with Gasteiger partial charge >= 0.3 is 6.18 Å². The summed E-state index contributed by atoms with van der Waals surface area (Å²) in [4.78, 5) is 12.2. The SMILES string of the molecule is CC(C)NC[C@@H](COCN1CCN(c2ncnc3c2[C@H](C(F)(F)F)CC(O)N3)CC1)c1ccc(Cl)cc1. The Kier molecular flexibility index (Phi) is 9.12. The van der Waals surface area contributed by atoms with Gasteiger partial charge in [0.05, 0.1) is 19.3 Å². The van der Waals surface area contributed by atoms with Crippen molar-refractivity contribution in [2.45, 2.75) is 50.6 Å². The number of aliphatic hydroxyl groups is 1. The molecule has 3 N–H and O–H groups in total. The van der Waals surface area contributed by atoms with Gasteiger partial charge in [0.1, 0.15) is 24.2 Å². The summed E-state index contributed by atoms with van der Waals surface area (Å²) in [6.45, 7) is 8.21. The number of aliphatic hydroxyl groups excluding tert-OH is 1. The molecule has 3 heterocycles. The number of nitrogens with one attached hydrogen (secondary N) is 2. The summed E-state index contributed by atoms with van der Waals surface area (Å²) in [5.41, 5.74) is 1.15. The molecule has 0 saturated carbocycles. The number of hydrogen-bond acceptors (Lipinski definition) is 8. The first-order chi connectivity index (χ1) is 17.6. The molecule has 2 aliphatic heterocycles. The van der Waals surface area contributed by atoms with Crippen LogP contribution in [0.4, 0.5) is 24.8 Å². The Labute approximate surface area is 220 Å². The molecule has 0 spiro atoms. The summed E-state index contributed by atoms with van der Waals surface area (Å²) in [5, 5.41) is 16.7. The van der Waals surface area contributed by atoms with Crippen LogP contribution >= 0.6 is 11.6 Å². The zero-order valence-corrected chi connectivity index (χ0v) is 21.8. The average Bonchev–Trinajstić information content (AvgIpc) is 2.85. The lowest BCUT2D eigenvalue weighted by atomic mass is 9.91. The Bertz CT molecular complexity index is 1020. The molecule has 1 fully saturated rings. The van der Waals surface area contributed by atoms with Crippen molar-refractivity contribution in [2.24, 2.45) is 0 Å². The molecule has 2 aromatic rings. The van der Waals surface area contributed by atoms with Gasteiger partial charge in [-0.25, -0.2) is 9.97 Å². The third-order valence-electron chi connectivity index (χ3n) is 6.75. The summed E-state index contributed by atoms with van der Waals surface area (Å²) >= 11 is 6.05. The van der Waals surface area contributed by atoms with Gasteiger partial charge in [-0.05, 0) is 17.7 Å². The monoisotopic (exact) mass is 542 g/mol. The van der Waals surface area contributed by atoms with Gasteiger partial charge in [-0.3, -0.25) is 4.90 Å². The van der Waals surface area contributed by atoms with Crippen molar-refractivity contribution >= 4 is 23.2 Å². The molecule has 1 aromatic carbocycles. The van der Waals surface area contributed by atoms with Crippen molar-refractivity contribution in [3.8, 4) is 0 Å². The van der Waals surface area contributed by atoms with Crippen LogP contribution in [0, 0.1) is 0 Å². The molecule has 1 unspecified atom stereocenters. The first kappa shape index (κ1) is 27.8. The molecular weight excluding hydrogens is 509 g/mol. The standard InChI is InChI=1S/C25H34ClF3N6O2/c1-16(2)30-12-18(17-3-5-19(26)6-4-17)13-37-15-34-7-9-35(10-8-34)24-22-20(25(27,28)29)11-21(36)33-23(22)31-14-32-24/h3-6,14,16,18,20-21,30,36H,7-13,15H2,1-2H3,(H,31,32,33)/t18-,20+,21?/m0/s1. The molecule has 8 nitrogen and oxygen atoms in total. The van der Waals surface area contributed by atoms with Crippen molar-refractivity contribution in [3.63, 3.8) is 0 Å². The number of anilines is 2. The molecular formula is C25H34ClF3N6O2. The quantitative estimate of drug-likeness (QED) is 0.441. The van der Waals surface area contributed by atoms with Gasteiger partial charge in [-0.15, -0.1) is 0 Å². The molecule has 0 aliphatic carbocycles. The van der Waals surface area contributed by atoms with Crippen LogP contribution < -0.4 is 15.5 Å². The van der Waals surface area contributed by atoms with Gasteiger partial charge in [0.25, 0.3) is 0 Å². The molecule has 4 rings (SSSR count). The van der Waals surface area contributed by atoms with E-state index >= 15 is 0 Å². The number of aromatic nitrogens is 2. The van der Waals surface area contributed by atoms with Crippen LogP contribution in [0.1, 0.15) is 43.2 Å². The van der Waals surface area contributed by atoms with E-state index in [-0.39, 0.29) is 23.1 Å². The van der Waals surface area contributed by atoms with Crippen LogP contribution in [0.5, 0.6) is 0 Å². The molecule has 0 amide bonds. The number of hydrogen-bond donors (Lipinski definition) is 3. The second-order valence-corrected chi connectivity index (χ2v) is 10.3. The first-order valence-electron chi connectivity index (χ1n) is 12.5. The van der Waals surface area contributed by atoms with Crippen LogP contribution in [-0.2, 0) is 4.74 Å². The van der Waals surface area contributed by atoms with Gasteiger partial charge in [0.15, 0.2) is 0 Å². The summed E-state index contributed by atoms with van der Waals surface area (Å²) < 4.78 is 47.5. The van der Waals surface area contributed by atoms with Gasteiger partial charge in [0, 0.05) is 61.7 Å². The number of halogens is 4. The minimum absolute atomic E-state index is 0.00783. The Morgan fingerprint density at radius 1 is 1.16 bits per heavy atom. The minimum Gasteiger partial charge on any atom is -0.374 e. The van der Waals surface area contributed by atoms with E-state index in [4.69, 9.17) is 16.3 Å². The smallest absolute Gasteiger partial charge is 0.374 e. The van der Waals surface area contributed by atoms with Crippen molar-refractivity contribution in [3.05, 3.63) is 46.7 Å². The van der Waals surface area contributed by atoms with Crippen LogP contribution in [0.15, 0.2) is 30.6 Å². The zero-order chi connectivity index (χ0) is 26.6. The maximum atomic E-state index is 13.8. The zero-order valence-electron chi connectivity index (χ0n) is 21.0. The molecule has 3 atom stereocenters. The molecule has 1 saturated heterocycles. The number of alkyl halides is 3. The van der Waals surface area contributed by atoms with Crippen LogP contribution in [0.2, 0.25) is 5.02 Å². The maximum absolute atomic E-state index is 13.8. The van der Waals surface area contributed by atoms with Gasteiger partial charge in [-0.2, -0.15) is 13.2 Å². The lowest BCUT2D eigenvalue weighted by Crippen LogP contribution is -2.48. The van der Waals surface area contributed by atoms with Crippen molar-refractivity contribution in [1.82, 2.24) is 20.2 Å². The molecule has 0 radical (unpaired) electrons.